The number of hydrogen-bond acceptors (Lipinski definition) is 7. The maximum Gasteiger partial charge on any atom is 0.246 e. The van der Waals surface area contributed by atoms with E-state index in [-0.39, 0.29) is 37.1 Å². The molecule has 2 aromatic carbocycles. The fourth-order valence-corrected chi connectivity index (χ4v) is 4.54. The smallest absolute Gasteiger partial charge is 0.246 e. The van der Waals surface area contributed by atoms with Gasteiger partial charge in [0.15, 0.2) is 23.0 Å². The number of benzene rings is 2. The quantitative estimate of drug-likeness (QED) is 0.594. The van der Waals surface area contributed by atoms with Crippen molar-refractivity contribution >= 4 is 11.8 Å². The van der Waals surface area contributed by atoms with Crippen LogP contribution in [0.2, 0.25) is 0 Å². The Morgan fingerprint density at radius 1 is 0.800 bits per heavy atom. The molecule has 0 aromatic heterocycles. The lowest BCUT2D eigenvalue weighted by Crippen LogP contribution is -2.37. The van der Waals surface area contributed by atoms with E-state index >= 15 is 0 Å². The van der Waals surface area contributed by atoms with Crippen molar-refractivity contribution in [3.05, 3.63) is 46.5 Å². The highest BCUT2D eigenvalue weighted by Gasteiger charge is 2.28. The molecule has 0 bridgehead atoms. The largest absolute Gasteiger partial charge is 0.493 e. The van der Waals surface area contributed by atoms with Crippen molar-refractivity contribution in [3.8, 4) is 23.0 Å². The molecule has 9 nitrogen and oxygen atoms in total. The highest BCUT2D eigenvalue weighted by molar-refractivity contribution is 5.80. The topological polar surface area (TPSA) is 104 Å². The van der Waals surface area contributed by atoms with Crippen LogP contribution in [0.4, 0.5) is 0 Å². The highest BCUT2D eigenvalue weighted by atomic mass is 16.5. The lowest BCUT2D eigenvalue weighted by atomic mass is 9.98. The summed E-state index contributed by atoms with van der Waals surface area (Å²) in [4.78, 5) is 25.1. The van der Waals surface area contributed by atoms with E-state index in [0.717, 1.165) is 22.3 Å². The molecule has 2 heterocycles. The van der Waals surface area contributed by atoms with Crippen LogP contribution >= 0.6 is 0 Å². The molecule has 9 heteroatoms. The molecule has 2 N–H and O–H groups in total. The van der Waals surface area contributed by atoms with Crippen molar-refractivity contribution in [1.82, 2.24) is 10.6 Å². The van der Waals surface area contributed by atoms with Crippen LogP contribution in [0.15, 0.2) is 24.3 Å². The molecule has 0 spiro atoms. The third kappa shape index (κ3) is 5.62. The molecule has 0 radical (unpaired) electrons. The first-order valence-corrected chi connectivity index (χ1v) is 11.7. The fraction of sp³-hybridized carbons (Fsp3) is 0.462. The Morgan fingerprint density at radius 2 is 1.23 bits per heavy atom. The zero-order valence-corrected chi connectivity index (χ0v) is 20.6. The minimum absolute atomic E-state index is 0.213. The molecule has 4 rings (SSSR count). The van der Waals surface area contributed by atoms with Gasteiger partial charge in [-0.05, 0) is 37.1 Å². The number of aryl methyl sites for hydroxylation is 2. The van der Waals surface area contributed by atoms with Crippen LogP contribution in [-0.4, -0.2) is 52.5 Å². The van der Waals surface area contributed by atoms with E-state index in [0.29, 0.717) is 49.1 Å². The van der Waals surface area contributed by atoms with Crippen molar-refractivity contribution in [2.24, 2.45) is 0 Å². The van der Waals surface area contributed by atoms with Crippen LogP contribution in [0.1, 0.15) is 47.2 Å². The van der Waals surface area contributed by atoms with Gasteiger partial charge in [-0.2, -0.15) is 0 Å². The highest BCUT2D eigenvalue weighted by Crippen LogP contribution is 2.41. The maximum absolute atomic E-state index is 12.5. The summed E-state index contributed by atoms with van der Waals surface area (Å²) >= 11 is 0. The number of carbonyl (C=O) groups excluding carboxylic acids is 2. The second-order valence-electron chi connectivity index (χ2n) is 8.78. The Hall–Kier alpha value is -3.46. The molecule has 35 heavy (non-hydrogen) atoms. The second-order valence-corrected chi connectivity index (χ2v) is 8.78. The molecule has 0 fully saturated rings. The molecule has 2 aliphatic rings. The van der Waals surface area contributed by atoms with Gasteiger partial charge in [0.1, 0.15) is 13.2 Å². The molecule has 2 amide bonds. The van der Waals surface area contributed by atoms with E-state index in [2.05, 4.69) is 10.6 Å². The molecule has 2 aromatic rings. The molecular formula is C26H32N2O7. The molecule has 188 valence electrons. The van der Waals surface area contributed by atoms with Gasteiger partial charge >= 0.3 is 0 Å². The van der Waals surface area contributed by atoms with Crippen LogP contribution in [0, 0.1) is 13.8 Å². The van der Waals surface area contributed by atoms with Gasteiger partial charge in [0.25, 0.3) is 0 Å². The zero-order chi connectivity index (χ0) is 24.9. The number of carbonyl (C=O) groups is 2. The number of rotatable bonds is 8. The van der Waals surface area contributed by atoms with E-state index in [4.69, 9.17) is 23.7 Å². The lowest BCUT2D eigenvalue weighted by Gasteiger charge is -2.28. The Labute approximate surface area is 205 Å². The first kappa shape index (κ1) is 24.7. The monoisotopic (exact) mass is 484 g/mol. The van der Waals surface area contributed by atoms with Gasteiger partial charge in [0.2, 0.25) is 11.8 Å². The number of nitrogens with one attached hydrogen (secondary N) is 2. The number of methoxy groups -OCH3 is 2. The molecule has 2 unspecified atom stereocenters. The summed E-state index contributed by atoms with van der Waals surface area (Å²) in [7, 11) is 3.19. The number of hydrogen-bond donors (Lipinski definition) is 2. The van der Waals surface area contributed by atoms with Gasteiger partial charge in [-0.3, -0.25) is 9.59 Å². The summed E-state index contributed by atoms with van der Waals surface area (Å²) in [6.45, 7) is 4.42. The van der Waals surface area contributed by atoms with Crippen molar-refractivity contribution in [2.75, 3.05) is 40.6 Å². The predicted molar refractivity (Wildman–Crippen MR) is 128 cm³/mol. The van der Waals surface area contributed by atoms with E-state index < -0.39 is 0 Å². The van der Waals surface area contributed by atoms with Crippen LogP contribution in [-0.2, 0) is 14.3 Å². The first-order chi connectivity index (χ1) is 16.9. The lowest BCUT2D eigenvalue weighted by molar-refractivity contribution is -0.131. The van der Waals surface area contributed by atoms with Gasteiger partial charge < -0.3 is 34.3 Å². The van der Waals surface area contributed by atoms with Gasteiger partial charge in [0.05, 0.1) is 39.5 Å². The number of fused-ring (bicyclic) bond motifs is 2. The maximum atomic E-state index is 12.5. The molecule has 0 aliphatic carbocycles. The molecular weight excluding hydrogens is 452 g/mol. The summed E-state index contributed by atoms with van der Waals surface area (Å²) in [5.41, 5.74) is 3.78. The van der Waals surface area contributed by atoms with Crippen LogP contribution in [0.3, 0.4) is 0 Å². The summed E-state index contributed by atoms with van der Waals surface area (Å²) < 4.78 is 27.8. The minimum atomic E-state index is -0.298. The summed E-state index contributed by atoms with van der Waals surface area (Å²) in [5.74, 6) is 2.00. The zero-order valence-electron chi connectivity index (χ0n) is 20.6. The summed E-state index contributed by atoms with van der Waals surface area (Å²) in [6.07, 6.45) is 1.27. The normalized spacial score (nSPS) is 18.3. The molecule has 2 atom stereocenters. The third-order valence-electron chi connectivity index (χ3n) is 6.09. The molecule has 0 saturated carbocycles. The van der Waals surface area contributed by atoms with Crippen LogP contribution < -0.4 is 29.6 Å². The van der Waals surface area contributed by atoms with Crippen molar-refractivity contribution in [3.63, 3.8) is 0 Å². The Balaban J connectivity index is 1.30. The van der Waals surface area contributed by atoms with Crippen molar-refractivity contribution in [2.45, 2.75) is 38.8 Å². The molecule has 2 aliphatic heterocycles. The van der Waals surface area contributed by atoms with Gasteiger partial charge in [0, 0.05) is 24.0 Å². The van der Waals surface area contributed by atoms with Crippen molar-refractivity contribution in [1.29, 1.82) is 0 Å². The van der Waals surface area contributed by atoms with E-state index in [1.165, 1.54) is 0 Å². The van der Waals surface area contributed by atoms with Gasteiger partial charge in [-0.1, -0.05) is 12.1 Å². The van der Waals surface area contributed by atoms with E-state index in [1.54, 1.807) is 14.2 Å². The summed E-state index contributed by atoms with van der Waals surface area (Å²) in [5, 5.41) is 5.96. The average Bonchev–Trinajstić information content (AvgIpc) is 2.83. The minimum Gasteiger partial charge on any atom is -0.493 e. The van der Waals surface area contributed by atoms with Gasteiger partial charge in [-0.15, -0.1) is 0 Å². The third-order valence-corrected chi connectivity index (χ3v) is 6.09. The number of amides is 2. The average molecular weight is 485 g/mol. The van der Waals surface area contributed by atoms with Crippen LogP contribution in [0.25, 0.3) is 0 Å². The number of ether oxygens (including phenoxy) is 5. The molecule has 0 saturated heterocycles. The predicted octanol–water partition coefficient (Wildman–Crippen LogP) is 2.92. The first-order valence-electron chi connectivity index (χ1n) is 11.7. The summed E-state index contributed by atoms with van der Waals surface area (Å²) in [6, 6.07) is 7.35. The Kier molecular flexibility index (Phi) is 7.65. The fourth-order valence-electron chi connectivity index (χ4n) is 4.54. The SMILES string of the molecule is COc1cc(C)cc2c1OCCC2NC(=O)COCC(=O)NC1CCOc2c(OC)cc(C)cc21. The van der Waals surface area contributed by atoms with Crippen molar-refractivity contribution < 1.29 is 33.3 Å². The Bertz CT molecular complexity index is 1020. The Morgan fingerprint density at radius 3 is 1.63 bits per heavy atom. The van der Waals surface area contributed by atoms with E-state index in [9.17, 15) is 9.59 Å². The second kappa shape index (κ2) is 10.9. The van der Waals surface area contributed by atoms with Gasteiger partial charge in [-0.25, -0.2) is 0 Å². The van der Waals surface area contributed by atoms with Crippen LogP contribution in [0.5, 0.6) is 23.0 Å². The van der Waals surface area contributed by atoms with E-state index in [1.807, 2.05) is 38.1 Å². The standard InChI is InChI=1S/C26H32N2O7/c1-15-9-17-19(5-7-34-25(17)21(11-15)31-3)27-23(29)13-33-14-24(30)28-20-6-8-35-26-18(20)10-16(2)12-22(26)32-4/h9-12,19-20H,5-8,13-14H2,1-4H3,(H,27,29)(H,28,30).